The highest BCUT2D eigenvalue weighted by Gasteiger charge is 2.37. The average Bonchev–Trinajstić information content (AvgIpc) is 2.75. The molecule has 0 heterocycles. The van der Waals surface area contributed by atoms with Crippen molar-refractivity contribution in [2.24, 2.45) is 11.1 Å². The van der Waals surface area contributed by atoms with Crippen molar-refractivity contribution in [1.29, 1.82) is 0 Å². The number of benzene rings is 1. The Morgan fingerprint density at radius 2 is 2.19 bits per heavy atom. The van der Waals surface area contributed by atoms with Crippen LogP contribution in [0.25, 0.3) is 0 Å². The molecule has 0 amide bonds. The Hall–Kier alpha value is -1.35. The fraction of sp³-hybridized carbons (Fsp3) is 0.500. The lowest BCUT2D eigenvalue weighted by Gasteiger charge is -2.27. The van der Waals surface area contributed by atoms with Gasteiger partial charge in [-0.1, -0.05) is 38.2 Å². The van der Waals surface area contributed by atoms with E-state index in [2.05, 4.69) is 30.4 Å². The molecule has 5 heteroatoms. The van der Waals surface area contributed by atoms with Gasteiger partial charge in [0.25, 0.3) is 0 Å². The van der Waals surface area contributed by atoms with Crippen molar-refractivity contribution >= 4 is 10.0 Å². The van der Waals surface area contributed by atoms with E-state index in [-0.39, 0.29) is 22.9 Å². The molecule has 0 radical (unpaired) electrons. The van der Waals surface area contributed by atoms with Gasteiger partial charge in [-0.3, -0.25) is 0 Å². The largest absolute Gasteiger partial charge is 0.320 e. The molecule has 1 saturated carbocycles. The lowest BCUT2D eigenvalue weighted by molar-refractivity contribution is 0.313. The van der Waals surface area contributed by atoms with Gasteiger partial charge < -0.3 is 5.73 Å². The van der Waals surface area contributed by atoms with Crippen LogP contribution < -0.4 is 10.5 Å². The maximum absolute atomic E-state index is 12.5. The number of nitrogens with two attached hydrogens (primary N) is 1. The summed E-state index contributed by atoms with van der Waals surface area (Å²) in [7, 11) is -3.51. The number of rotatable bonds is 3. The summed E-state index contributed by atoms with van der Waals surface area (Å²) in [6.45, 7) is 4.47. The Bertz CT molecular complexity index is 669. The van der Waals surface area contributed by atoms with Gasteiger partial charge in [0.05, 0.1) is 11.4 Å². The Labute approximate surface area is 127 Å². The molecule has 1 fully saturated rings. The van der Waals surface area contributed by atoms with Gasteiger partial charge in [0.15, 0.2) is 0 Å². The smallest absolute Gasteiger partial charge is 0.240 e. The van der Waals surface area contributed by atoms with Crippen LogP contribution in [-0.4, -0.2) is 21.0 Å². The fourth-order valence-electron chi connectivity index (χ4n) is 2.69. The summed E-state index contributed by atoms with van der Waals surface area (Å²) < 4.78 is 27.9. The van der Waals surface area contributed by atoms with Crippen molar-refractivity contribution in [2.45, 2.75) is 44.0 Å². The summed E-state index contributed by atoms with van der Waals surface area (Å²) in [4.78, 5) is 0.258. The minimum Gasteiger partial charge on any atom is -0.320 e. The Kier molecular flexibility index (Phi) is 4.72. The second-order valence-corrected chi connectivity index (χ2v) is 7.80. The van der Waals surface area contributed by atoms with Crippen molar-refractivity contribution in [2.75, 3.05) is 6.54 Å². The van der Waals surface area contributed by atoms with E-state index in [4.69, 9.17) is 5.73 Å². The maximum atomic E-state index is 12.5. The van der Waals surface area contributed by atoms with Gasteiger partial charge >= 0.3 is 0 Å². The van der Waals surface area contributed by atoms with Gasteiger partial charge in [-0.15, -0.1) is 0 Å². The van der Waals surface area contributed by atoms with Crippen LogP contribution in [0, 0.1) is 17.3 Å². The summed E-state index contributed by atoms with van der Waals surface area (Å²) in [5.41, 5.74) is 6.00. The summed E-state index contributed by atoms with van der Waals surface area (Å²) in [5.74, 6) is 5.59. The molecular formula is C16H22N2O2S. The van der Waals surface area contributed by atoms with E-state index in [1.807, 2.05) is 0 Å². The zero-order valence-corrected chi connectivity index (χ0v) is 13.3. The molecule has 21 heavy (non-hydrogen) atoms. The minimum atomic E-state index is -3.51. The molecule has 114 valence electrons. The number of sulfonamides is 1. The second kappa shape index (κ2) is 6.18. The first-order chi connectivity index (χ1) is 9.85. The van der Waals surface area contributed by atoms with E-state index in [0.717, 1.165) is 19.3 Å². The highest BCUT2D eigenvalue weighted by molar-refractivity contribution is 7.89. The molecule has 1 aromatic rings. The number of nitrogens with one attached hydrogen (secondary N) is 1. The van der Waals surface area contributed by atoms with Crippen molar-refractivity contribution in [3.63, 3.8) is 0 Å². The first-order valence-corrected chi connectivity index (χ1v) is 8.65. The molecule has 0 saturated heterocycles. The third kappa shape index (κ3) is 3.85. The molecule has 0 aliphatic heterocycles. The fourth-order valence-corrected chi connectivity index (χ4v) is 4.18. The standard InChI is InChI=1S/C16H22N2O2S/c1-16(2)10-4-9-15(16)18-21(19,20)14-8-3-6-13(12-14)7-5-11-17/h3,6,8,12,15,18H,4,9-11,17H2,1-2H3. The number of hydrogen-bond acceptors (Lipinski definition) is 3. The minimum absolute atomic E-state index is 0.00400. The molecule has 3 N–H and O–H groups in total. The van der Waals surface area contributed by atoms with Gasteiger partial charge in [0, 0.05) is 11.6 Å². The van der Waals surface area contributed by atoms with E-state index < -0.39 is 10.0 Å². The summed E-state index contributed by atoms with van der Waals surface area (Å²) >= 11 is 0. The first-order valence-electron chi connectivity index (χ1n) is 7.16. The van der Waals surface area contributed by atoms with Crippen LogP contribution in [0.4, 0.5) is 0 Å². The molecule has 0 spiro atoms. The van der Waals surface area contributed by atoms with Crippen LogP contribution >= 0.6 is 0 Å². The van der Waals surface area contributed by atoms with E-state index in [9.17, 15) is 8.42 Å². The molecular weight excluding hydrogens is 284 g/mol. The lowest BCUT2D eigenvalue weighted by Crippen LogP contribution is -2.41. The molecule has 0 bridgehead atoms. The molecule has 0 aromatic heterocycles. The molecule has 1 atom stereocenters. The highest BCUT2D eigenvalue weighted by Crippen LogP contribution is 2.37. The molecule has 2 rings (SSSR count). The van der Waals surface area contributed by atoms with E-state index in [0.29, 0.717) is 5.56 Å². The van der Waals surface area contributed by atoms with Crippen LogP contribution in [0.15, 0.2) is 29.2 Å². The van der Waals surface area contributed by atoms with Crippen LogP contribution in [-0.2, 0) is 10.0 Å². The average molecular weight is 306 g/mol. The van der Waals surface area contributed by atoms with Gasteiger partial charge in [-0.25, -0.2) is 13.1 Å². The van der Waals surface area contributed by atoms with Gasteiger partial charge in [-0.2, -0.15) is 0 Å². The maximum Gasteiger partial charge on any atom is 0.240 e. The zero-order valence-electron chi connectivity index (χ0n) is 12.5. The molecule has 1 unspecified atom stereocenters. The van der Waals surface area contributed by atoms with Crippen LogP contribution in [0.2, 0.25) is 0 Å². The zero-order chi connectivity index (χ0) is 15.5. The summed E-state index contributed by atoms with van der Waals surface area (Å²) in [6.07, 6.45) is 2.99. The topological polar surface area (TPSA) is 72.2 Å². The normalized spacial score (nSPS) is 20.8. The van der Waals surface area contributed by atoms with Crippen LogP contribution in [0.5, 0.6) is 0 Å². The third-order valence-electron chi connectivity index (χ3n) is 4.03. The van der Waals surface area contributed by atoms with Gasteiger partial charge in [0.2, 0.25) is 10.0 Å². The quantitative estimate of drug-likeness (QED) is 0.837. The van der Waals surface area contributed by atoms with Crippen molar-refractivity contribution in [3.05, 3.63) is 29.8 Å². The first kappa shape index (κ1) is 16.0. The number of hydrogen-bond donors (Lipinski definition) is 2. The molecule has 1 aliphatic rings. The van der Waals surface area contributed by atoms with E-state index in [1.165, 1.54) is 0 Å². The van der Waals surface area contributed by atoms with Crippen molar-refractivity contribution in [1.82, 2.24) is 4.72 Å². The highest BCUT2D eigenvalue weighted by atomic mass is 32.2. The predicted molar refractivity (Wildman–Crippen MR) is 84.1 cm³/mol. The van der Waals surface area contributed by atoms with Gasteiger partial charge in [-0.05, 0) is 36.5 Å². The predicted octanol–water partition coefficient (Wildman–Crippen LogP) is 1.85. The van der Waals surface area contributed by atoms with Gasteiger partial charge in [0.1, 0.15) is 0 Å². The second-order valence-electron chi connectivity index (χ2n) is 6.09. The van der Waals surface area contributed by atoms with Crippen LogP contribution in [0.3, 0.4) is 0 Å². The molecule has 4 nitrogen and oxygen atoms in total. The molecule has 1 aromatic carbocycles. The summed E-state index contributed by atoms with van der Waals surface area (Å²) in [6, 6.07) is 6.65. The third-order valence-corrected chi connectivity index (χ3v) is 5.50. The Balaban J connectivity index is 2.24. The summed E-state index contributed by atoms with van der Waals surface area (Å²) in [5, 5.41) is 0. The van der Waals surface area contributed by atoms with Crippen molar-refractivity contribution < 1.29 is 8.42 Å². The SMILES string of the molecule is CC1(C)CCCC1NS(=O)(=O)c1cccc(C#CCN)c1. The Morgan fingerprint density at radius 1 is 1.43 bits per heavy atom. The van der Waals surface area contributed by atoms with E-state index in [1.54, 1.807) is 24.3 Å². The van der Waals surface area contributed by atoms with Crippen LogP contribution in [0.1, 0.15) is 38.7 Å². The molecule has 1 aliphatic carbocycles. The van der Waals surface area contributed by atoms with E-state index >= 15 is 0 Å². The van der Waals surface area contributed by atoms with Crippen molar-refractivity contribution in [3.8, 4) is 11.8 Å². The Morgan fingerprint density at radius 3 is 2.81 bits per heavy atom. The monoisotopic (exact) mass is 306 g/mol. The lowest BCUT2D eigenvalue weighted by atomic mass is 9.88.